The third-order valence-corrected chi connectivity index (χ3v) is 1.91. The molecular weight excluding hydrogens is 216 g/mol. The molecule has 1 aromatic heterocycles. The van der Waals surface area contributed by atoms with Crippen LogP contribution in [0, 0.1) is 4.77 Å². The van der Waals surface area contributed by atoms with E-state index >= 15 is 0 Å². The lowest BCUT2D eigenvalue weighted by Gasteiger charge is -1.99. The molecule has 1 rings (SSSR count). The van der Waals surface area contributed by atoms with Gasteiger partial charge in [0, 0.05) is 23.7 Å². The summed E-state index contributed by atoms with van der Waals surface area (Å²) in [5, 5.41) is 0. The van der Waals surface area contributed by atoms with Crippen molar-refractivity contribution in [2.45, 2.75) is 6.92 Å². The van der Waals surface area contributed by atoms with Gasteiger partial charge in [0.2, 0.25) is 0 Å². The van der Waals surface area contributed by atoms with Crippen molar-refractivity contribution in [1.82, 2.24) is 9.97 Å². The maximum atomic E-state index is 5.33. The van der Waals surface area contributed by atoms with Crippen LogP contribution in [-0.4, -0.2) is 27.2 Å². The van der Waals surface area contributed by atoms with Crippen molar-refractivity contribution in [3.63, 3.8) is 0 Å². The molecule has 0 aliphatic carbocycles. The Kier molecular flexibility index (Phi) is 3.84. The highest BCUT2D eigenvalue weighted by atomic mass is 32.1. The van der Waals surface area contributed by atoms with Gasteiger partial charge in [-0.05, 0) is 19.1 Å². The van der Waals surface area contributed by atoms with Gasteiger partial charge in [0.25, 0.3) is 0 Å². The van der Waals surface area contributed by atoms with E-state index in [1.54, 1.807) is 12.4 Å². The van der Waals surface area contributed by atoms with Crippen molar-refractivity contribution in [2.24, 2.45) is 10.7 Å². The fourth-order valence-electron chi connectivity index (χ4n) is 0.828. The Morgan fingerprint density at radius 1 is 1.71 bits per heavy atom. The highest BCUT2D eigenvalue weighted by Gasteiger charge is 1.96. The normalized spacial score (nSPS) is 11.4. The van der Waals surface area contributed by atoms with Gasteiger partial charge in [0.1, 0.15) is 0 Å². The van der Waals surface area contributed by atoms with Crippen molar-refractivity contribution in [3.8, 4) is 0 Å². The van der Waals surface area contributed by atoms with E-state index in [0.717, 1.165) is 11.3 Å². The fourth-order valence-corrected chi connectivity index (χ4v) is 1.00. The second kappa shape index (κ2) is 4.92. The smallest absolute Gasteiger partial charge is 0.196 e. The molecule has 14 heavy (non-hydrogen) atoms. The molecule has 0 atom stereocenters. The fraction of sp³-hybridized carbons (Fsp3) is 0.250. The van der Waals surface area contributed by atoms with E-state index in [1.807, 2.05) is 6.92 Å². The van der Waals surface area contributed by atoms with Gasteiger partial charge in [-0.3, -0.25) is 4.99 Å². The first kappa shape index (κ1) is 10.9. The van der Waals surface area contributed by atoms with E-state index in [-0.39, 0.29) is 0 Å². The standard InChI is InChI=1S/C8H10N4S2/c1-5(10-4-7(9)13)6-2-11-8(14)12-3-6/h2-3H,4H2,1H3,(H2,9,13)(H,11,12,14). The molecule has 1 heterocycles. The van der Waals surface area contributed by atoms with Crippen LogP contribution in [-0.2, 0) is 0 Å². The van der Waals surface area contributed by atoms with Crippen molar-refractivity contribution in [3.05, 3.63) is 22.7 Å². The molecule has 0 spiro atoms. The highest BCUT2D eigenvalue weighted by Crippen LogP contribution is 1.96. The van der Waals surface area contributed by atoms with Crippen LogP contribution >= 0.6 is 24.4 Å². The van der Waals surface area contributed by atoms with Crippen LogP contribution in [0.1, 0.15) is 12.5 Å². The van der Waals surface area contributed by atoms with Gasteiger partial charge in [-0.25, -0.2) is 4.98 Å². The van der Waals surface area contributed by atoms with Crippen molar-refractivity contribution in [1.29, 1.82) is 0 Å². The Hall–Kier alpha value is -1.14. The third-order valence-electron chi connectivity index (χ3n) is 1.56. The van der Waals surface area contributed by atoms with Gasteiger partial charge < -0.3 is 10.7 Å². The molecular formula is C8H10N4S2. The second-order valence-electron chi connectivity index (χ2n) is 2.68. The number of rotatable bonds is 3. The molecule has 0 radical (unpaired) electrons. The summed E-state index contributed by atoms with van der Waals surface area (Å²) in [4.78, 5) is 11.3. The molecule has 0 unspecified atom stereocenters. The zero-order valence-electron chi connectivity index (χ0n) is 7.65. The van der Waals surface area contributed by atoms with E-state index in [1.165, 1.54) is 0 Å². The van der Waals surface area contributed by atoms with Crippen LogP contribution in [0.25, 0.3) is 0 Å². The molecule has 0 aliphatic heterocycles. The average molecular weight is 226 g/mol. The number of nitrogens with zero attached hydrogens (tertiary/aromatic N) is 2. The second-order valence-corrected chi connectivity index (χ2v) is 3.59. The van der Waals surface area contributed by atoms with Crippen molar-refractivity contribution < 1.29 is 0 Å². The maximum Gasteiger partial charge on any atom is 0.196 e. The monoisotopic (exact) mass is 226 g/mol. The molecule has 0 aromatic carbocycles. The summed E-state index contributed by atoms with van der Waals surface area (Å²) in [5.74, 6) is 0. The lowest BCUT2D eigenvalue weighted by Crippen LogP contribution is -2.13. The minimum atomic E-state index is 0.358. The van der Waals surface area contributed by atoms with Gasteiger partial charge in [-0.1, -0.05) is 12.2 Å². The molecule has 0 amide bonds. The largest absolute Gasteiger partial charge is 0.392 e. The topological polar surface area (TPSA) is 67.1 Å². The Balaban J connectivity index is 2.83. The quantitative estimate of drug-likeness (QED) is 0.601. The summed E-state index contributed by atoms with van der Waals surface area (Å²) in [6.45, 7) is 2.23. The Morgan fingerprint density at radius 3 is 2.93 bits per heavy atom. The first-order valence-corrected chi connectivity index (χ1v) is 4.75. The van der Waals surface area contributed by atoms with Crippen LogP contribution < -0.4 is 5.73 Å². The Bertz CT molecular complexity index is 401. The minimum absolute atomic E-state index is 0.358. The first-order chi connectivity index (χ1) is 6.59. The first-order valence-electron chi connectivity index (χ1n) is 3.94. The Labute approximate surface area is 92.3 Å². The molecule has 0 fully saturated rings. The number of H-pyrrole nitrogens is 1. The third kappa shape index (κ3) is 3.31. The molecule has 0 bridgehead atoms. The van der Waals surface area contributed by atoms with Crippen LogP contribution in [0.3, 0.4) is 0 Å². The van der Waals surface area contributed by atoms with Crippen LogP contribution in [0.4, 0.5) is 0 Å². The summed E-state index contributed by atoms with van der Waals surface area (Å²) in [6.07, 6.45) is 3.42. The predicted octanol–water partition coefficient (Wildman–Crippen LogP) is 1.23. The summed E-state index contributed by atoms with van der Waals surface area (Å²) in [5.41, 5.74) is 7.04. The van der Waals surface area contributed by atoms with Crippen molar-refractivity contribution in [2.75, 3.05) is 6.54 Å². The number of nitrogens with two attached hydrogens (primary N) is 1. The lowest BCUT2D eigenvalue weighted by molar-refractivity contribution is 1.12. The molecule has 0 aliphatic rings. The maximum absolute atomic E-state index is 5.33. The number of thiocarbonyl (C=S) groups is 1. The molecule has 4 nitrogen and oxygen atoms in total. The van der Waals surface area contributed by atoms with Gasteiger partial charge in [0.15, 0.2) is 4.77 Å². The number of nitrogens with one attached hydrogen (secondary N) is 1. The summed E-state index contributed by atoms with van der Waals surface area (Å²) >= 11 is 9.53. The minimum Gasteiger partial charge on any atom is -0.392 e. The van der Waals surface area contributed by atoms with E-state index in [9.17, 15) is 0 Å². The number of aliphatic imine (C=N–C) groups is 1. The van der Waals surface area contributed by atoms with Crippen LogP contribution in [0.15, 0.2) is 17.4 Å². The average Bonchev–Trinajstić information content (AvgIpc) is 2.15. The zero-order chi connectivity index (χ0) is 10.6. The Morgan fingerprint density at radius 2 is 2.43 bits per heavy atom. The van der Waals surface area contributed by atoms with E-state index in [2.05, 4.69) is 15.0 Å². The molecule has 6 heteroatoms. The summed E-state index contributed by atoms with van der Waals surface area (Å²) < 4.78 is 0.455. The van der Waals surface area contributed by atoms with Crippen LogP contribution in [0.2, 0.25) is 0 Å². The van der Waals surface area contributed by atoms with Gasteiger partial charge in [-0.15, -0.1) is 0 Å². The molecule has 1 aromatic rings. The molecule has 3 N–H and O–H groups in total. The van der Waals surface area contributed by atoms with Crippen molar-refractivity contribution >= 4 is 35.1 Å². The number of aromatic amines is 1. The zero-order valence-corrected chi connectivity index (χ0v) is 9.28. The lowest BCUT2D eigenvalue weighted by atomic mass is 10.2. The van der Waals surface area contributed by atoms with E-state index < -0.39 is 0 Å². The van der Waals surface area contributed by atoms with E-state index in [0.29, 0.717) is 16.3 Å². The highest BCUT2D eigenvalue weighted by molar-refractivity contribution is 7.80. The van der Waals surface area contributed by atoms with Gasteiger partial charge >= 0.3 is 0 Å². The number of aromatic nitrogens is 2. The van der Waals surface area contributed by atoms with Gasteiger partial charge in [-0.2, -0.15) is 0 Å². The SMILES string of the molecule is CC(=NCC(N)=S)c1cnc(=S)[nH]c1. The number of hydrogen-bond donors (Lipinski definition) is 2. The predicted molar refractivity (Wildman–Crippen MR) is 63.3 cm³/mol. The number of hydrogen-bond acceptors (Lipinski definition) is 4. The summed E-state index contributed by atoms with van der Waals surface area (Å²) in [6, 6.07) is 0. The molecule has 0 saturated carbocycles. The van der Waals surface area contributed by atoms with Crippen LogP contribution in [0.5, 0.6) is 0 Å². The molecule has 0 saturated heterocycles. The molecule has 74 valence electrons. The van der Waals surface area contributed by atoms with Gasteiger partial charge in [0.05, 0.1) is 11.5 Å². The van der Waals surface area contributed by atoms with E-state index in [4.69, 9.17) is 30.2 Å². The summed E-state index contributed by atoms with van der Waals surface area (Å²) in [7, 11) is 0.